The first kappa shape index (κ1) is 12.4. The van der Waals surface area contributed by atoms with Gasteiger partial charge in [-0.25, -0.2) is 0 Å². The van der Waals surface area contributed by atoms with Crippen LogP contribution in [0.2, 0.25) is 5.02 Å². The van der Waals surface area contributed by atoms with E-state index < -0.39 is 0 Å². The standard InChI is InChI=1S/C14H17ClN2/c1-10-6-7-11(8-13(10)15)14(9-16)17-12-4-2-3-5-12/h6-8,12,14,17H,2-5H2,1H3. The van der Waals surface area contributed by atoms with Gasteiger partial charge in [-0.2, -0.15) is 5.26 Å². The molecule has 0 aliphatic heterocycles. The Hall–Kier alpha value is -1.04. The molecule has 1 aromatic rings. The summed E-state index contributed by atoms with van der Waals surface area (Å²) in [6.45, 7) is 1.97. The van der Waals surface area contributed by atoms with Gasteiger partial charge >= 0.3 is 0 Å². The van der Waals surface area contributed by atoms with Gasteiger partial charge in [0.05, 0.1) is 6.07 Å². The van der Waals surface area contributed by atoms with E-state index in [-0.39, 0.29) is 6.04 Å². The van der Waals surface area contributed by atoms with Crippen LogP contribution in [0.15, 0.2) is 18.2 Å². The summed E-state index contributed by atoms with van der Waals surface area (Å²) in [5, 5.41) is 13.4. The molecule has 2 rings (SSSR count). The molecule has 1 fully saturated rings. The molecule has 1 atom stereocenters. The molecule has 0 spiro atoms. The largest absolute Gasteiger partial charge is 0.295 e. The number of rotatable bonds is 3. The van der Waals surface area contributed by atoms with E-state index in [0.717, 1.165) is 16.1 Å². The summed E-state index contributed by atoms with van der Waals surface area (Å²) in [6.07, 6.45) is 4.89. The predicted octanol–water partition coefficient (Wildman–Crippen LogP) is 3.75. The number of aryl methyl sites for hydroxylation is 1. The quantitative estimate of drug-likeness (QED) is 0.885. The third kappa shape index (κ3) is 3.00. The molecule has 1 N–H and O–H groups in total. The van der Waals surface area contributed by atoms with Crippen LogP contribution >= 0.6 is 11.6 Å². The zero-order chi connectivity index (χ0) is 12.3. The van der Waals surface area contributed by atoms with E-state index in [0.29, 0.717) is 6.04 Å². The minimum atomic E-state index is -0.240. The van der Waals surface area contributed by atoms with Crippen molar-refractivity contribution < 1.29 is 0 Å². The lowest BCUT2D eigenvalue weighted by molar-refractivity contribution is 0.492. The Morgan fingerprint density at radius 3 is 2.71 bits per heavy atom. The first-order valence-corrected chi connectivity index (χ1v) is 6.50. The lowest BCUT2D eigenvalue weighted by Crippen LogP contribution is -2.29. The number of nitrogens with one attached hydrogen (secondary N) is 1. The van der Waals surface area contributed by atoms with Crippen molar-refractivity contribution in [3.05, 3.63) is 34.3 Å². The monoisotopic (exact) mass is 248 g/mol. The lowest BCUT2D eigenvalue weighted by Gasteiger charge is -2.17. The molecule has 0 radical (unpaired) electrons. The third-order valence-corrected chi connectivity index (χ3v) is 3.82. The summed E-state index contributed by atoms with van der Waals surface area (Å²) in [6, 6.07) is 8.42. The van der Waals surface area contributed by atoms with Crippen molar-refractivity contribution in [2.45, 2.75) is 44.7 Å². The molecule has 1 aliphatic rings. The van der Waals surface area contributed by atoms with E-state index in [1.807, 2.05) is 25.1 Å². The van der Waals surface area contributed by atoms with Gasteiger partial charge in [0.2, 0.25) is 0 Å². The second-order valence-corrected chi connectivity index (χ2v) is 5.13. The van der Waals surface area contributed by atoms with Crippen LogP contribution in [0.25, 0.3) is 0 Å². The molecular weight excluding hydrogens is 232 g/mol. The van der Waals surface area contributed by atoms with Crippen LogP contribution in [0, 0.1) is 18.3 Å². The summed E-state index contributed by atoms with van der Waals surface area (Å²) in [7, 11) is 0. The summed E-state index contributed by atoms with van der Waals surface area (Å²) in [5.41, 5.74) is 2.02. The normalized spacial score (nSPS) is 17.9. The SMILES string of the molecule is Cc1ccc(C(C#N)NC2CCCC2)cc1Cl. The van der Waals surface area contributed by atoms with Gasteiger partial charge in [0.25, 0.3) is 0 Å². The minimum absolute atomic E-state index is 0.240. The summed E-state index contributed by atoms with van der Waals surface area (Å²) in [5.74, 6) is 0. The molecule has 1 unspecified atom stereocenters. The van der Waals surface area contributed by atoms with E-state index in [2.05, 4.69) is 11.4 Å². The van der Waals surface area contributed by atoms with Crippen LogP contribution in [0.5, 0.6) is 0 Å². The van der Waals surface area contributed by atoms with Crippen molar-refractivity contribution in [2.24, 2.45) is 0 Å². The van der Waals surface area contributed by atoms with Gasteiger partial charge < -0.3 is 0 Å². The highest BCUT2D eigenvalue weighted by molar-refractivity contribution is 6.31. The fourth-order valence-electron chi connectivity index (χ4n) is 2.32. The number of benzene rings is 1. The van der Waals surface area contributed by atoms with Crippen LogP contribution in [0.1, 0.15) is 42.9 Å². The number of nitriles is 1. The van der Waals surface area contributed by atoms with Crippen molar-refractivity contribution >= 4 is 11.6 Å². The Balaban J connectivity index is 2.11. The topological polar surface area (TPSA) is 35.8 Å². The number of hydrogen-bond acceptors (Lipinski definition) is 2. The van der Waals surface area contributed by atoms with Crippen molar-refractivity contribution in [1.82, 2.24) is 5.32 Å². The average Bonchev–Trinajstić information content (AvgIpc) is 2.82. The van der Waals surface area contributed by atoms with Gasteiger partial charge in [-0.15, -0.1) is 0 Å². The lowest BCUT2D eigenvalue weighted by atomic mass is 10.0. The van der Waals surface area contributed by atoms with Gasteiger partial charge in [0.1, 0.15) is 6.04 Å². The van der Waals surface area contributed by atoms with Crippen LogP contribution in [0.4, 0.5) is 0 Å². The molecule has 0 saturated heterocycles. The van der Waals surface area contributed by atoms with E-state index in [4.69, 9.17) is 11.6 Å². The molecule has 0 amide bonds. The molecule has 1 aliphatic carbocycles. The number of hydrogen-bond donors (Lipinski definition) is 1. The van der Waals surface area contributed by atoms with E-state index in [1.54, 1.807) is 0 Å². The first-order chi connectivity index (χ1) is 8.20. The Morgan fingerprint density at radius 2 is 2.12 bits per heavy atom. The predicted molar refractivity (Wildman–Crippen MR) is 69.9 cm³/mol. The van der Waals surface area contributed by atoms with Crippen LogP contribution in [0.3, 0.4) is 0 Å². The Bertz CT molecular complexity index is 430. The maximum Gasteiger partial charge on any atom is 0.121 e. The maximum atomic E-state index is 9.24. The van der Waals surface area contributed by atoms with Crippen LogP contribution < -0.4 is 5.32 Å². The molecule has 0 bridgehead atoms. The number of halogens is 1. The van der Waals surface area contributed by atoms with Crippen molar-refractivity contribution in [3.8, 4) is 6.07 Å². The second-order valence-electron chi connectivity index (χ2n) is 4.72. The van der Waals surface area contributed by atoms with E-state index >= 15 is 0 Å². The molecule has 17 heavy (non-hydrogen) atoms. The zero-order valence-corrected chi connectivity index (χ0v) is 10.8. The third-order valence-electron chi connectivity index (χ3n) is 3.42. The first-order valence-electron chi connectivity index (χ1n) is 6.12. The Labute approximate surface area is 108 Å². The summed E-state index contributed by atoms with van der Waals surface area (Å²) in [4.78, 5) is 0. The Morgan fingerprint density at radius 1 is 1.41 bits per heavy atom. The van der Waals surface area contributed by atoms with Gasteiger partial charge in [-0.1, -0.05) is 36.6 Å². The smallest absolute Gasteiger partial charge is 0.121 e. The van der Waals surface area contributed by atoms with E-state index in [1.165, 1.54) is 25.7 Å². The highest BCUT2D eigenvalue weighted by Crippen LogP contribution is 2.24. The minimum Gasteiger partial charge on any atom is -0.295 e. The van der Waals surface area contributed by atoms with Gasteiger partial charge in [0, 0.05) is 11.1 Å². The molecule has 0 heterocycles. The Kier molecular flexibility index (Phi) is 4.04. The molecule has 0 aromatic heterocycles. The van der Waals surface area contributed by atoms with Gasteiger partial charge in [-0.05, 0) is 37.0 Å². The molecule has 90 valence electrons. The fraction of sp³-hybridized carbons (Fsp3) is 0.500. The van der Waals surface area contributed by atoms with Crippen LogP contribution in [-0.4, -0.2) is 6.04 Å². The van der Waals surface area contributed by atoms with Gasteiger partial charge in [0.15, 0.2) is 0 Å². The summed E-state index contributed by atoms with van der Waals surface area (Å²) >= 11 is 6.09. The zero-order valence-electron chi connectivity index (χ0n) is 10.0. The highest BCUT2D eigenvalue weighted by Gasteiger charge is 2.20. The highest BCUT2D eigenvalue weighted by atomic mass is 35.5. The molecule has 3 heteroatoms. The number of nitrogens with zero attached hydrogens (tertiary/aromatic N) is 1. The fourth-order valence-corrected chi connectivity index (χ4v) is 2.51. The maximum absolute atomic E-state index is 9.24. The van der Waals surface area contributed by atoms with Crippen molar-refractivity contribution in [3.63, 3.8) is 0 Å². The van der Waals surface area contributed by atoms with E-state index in [9.17, 15) is 5.26 Å². The molecular formula is C14H17ClN2. The molecule has 1 saturated carbocycles. The second kappa shape index (κ2) is 5.53. The molecule has 1 aromatic carbocycles. The van der Waals surface area contributed by atoms with Crippen molar-refractivity contribution in [2.75, 3.05) is 0 Å². The summed E-state index contributed by atoms with van der Waals surface area (Å²) < 4.78 is 0. The van der Waals surface area contributed by atoms with Crippen LogP contribution in [-0.2, 0) is 0 Å². The average molecular weight is 249 g/mol. The van der Waals surface area contributed by atoms with Crippen molar-refractivity contribution in [1.29, 1.82) is 5.26 Å². The van der Waals surface area contributed by atoms with Gasteiger partial charge in [-0.3, -0.25) is 5.32 Å². The molecule has 2 nitrogen and oxygen atoms in total.